The van der Waals surface area contributed by atoms with Gasteiger partial charge in [-0.25, -0.2) is 0 Å². The Balaban J connectivity index is 2.67. The van der Waals surface area contributed by atoms with Crippen molar-refractivity contribution in [3.63, 3.8) is 0 Å². The van der Waals surface area contributed by atoms with Crippen LogP contribution in [-0.4, -0.2) is 14.8 Å². The average molecular weight is 67.1 g/mol. The lowest BCUT2D eigenvalue weighted by Gasteiger charge is -1.75. The third-order valence-electron chi connectivity index (χ3n) is 0.385. The van der Waals surface area contributed by atoms with Crippen LogP contribution in [0.15, 0.2) is 11.8 Å². The fourth-order valence-electron chi connectivity index (χ4n) is 0.0962. The summed E-state index contributed by atoms with van der Waals surface area (Å²) < 4.78 is 0. The summed E-state index contributed by atoms with van der Waals surface area (Å²) in [6.45, 7) is 0. The van der Waals surface area contributed by atoms with Crippen LogP contribution in [0.5, 0.6) is 0 Å². The molecule has 0 spiro atoms. The lowest BCUT2D eigenvalue weighted by molar-refractivity contribution is 2.37. The van der Waals surface area contributed by atoms with Crippen LogP contribution in [-0.2, 0) is 0 Å². The van der Waals surface area contributed by atoms with E-state index >= 15 is 0 Å². The highest BCUT2D eigenvalue weighted by atomic mass is 28.2. The molecule has 0 unspecified atom stereocenters. The van der Waals surface area contributed by atoms with Crippen molar-refractivity contribution < 1.29 is 0 Å². The molecule has 0 amide bonds. The molecular formula is C3H3Si. The van der Waals surface area contributed by atoms with Gasteiger partial charge in [0.25, 0.3) is 0 Å². The molecule has 0 saturated heterocycles. The summed E-state index contributed by atoms with van der Waals surface area (Å²) in [7, 11) is 1.02. The van der Waals surface area contributed by atoms with Gasteiger partial charge in [0, 0.05) is 0 Å². The van der Waals surface area contributed by atoms with Crippen molar-refractivity contribution in [3.05, 3.63) is 11.8 Å². The highest BCUT2D eigenvalue weighted by molar-refractivity contribution is 6.59. The number of hydrogen-bond acceptors (Lipinski definition) is 0. The van der Waals surface area contributed by atoms with Gasteiger partial charge in [0.1, 0.15) is 0 Å². The molecule has 0 aromatic heterocycles. The maximum atomic E-state index is 2.15. The average Bonchev–Trinajstić information content (AvgIpc) is 0.722. The second kappa shape index (κ2) is 0.644. The summed E-state index contributed by atoms with van der Waals surface area (Å²) in [4.78, 5) is 0. The second-order valence-electron chi connectivity index (χ2n) is 0.692. The quantitative estimate of drug-likeness (QED) is 0.350. The van der Waals surface area contributed by atoms with Gasteiger partial charge < -0.3 is 0 Å². The Morgan fingerprint density at radius 3 is 1.75 bits per heavy atom. The monoisotopic (exact) mass is 67.0 g/mol. The Morgan fingerprint density at radius 2 is 1.75 bits per heavy atom. The largest absolute Gasteiger partial charge is 0.0776 e. The summed E-state index contributed by atoms with van der Waals surface area (Å²) in [5.41, 5.74) is 4.31. The van der Waals surface area contributed by atoms with Crippen molar-refractivity contribution in [2.24, 2.45) is 0 Å². The first kappa shape index (κ1) is 2.09. The van der Waals surface area contributed by atoms with E-state index in [0.717, 1.165) is 9.13 Å². The van der Waals surface area contributed by atoms with Crippen molar-refractivity contribution in [1.29, 1.82) is 0 Å². The van der Waals surface area contributed by atoms with Gasteiger partial charge >= 0.3 is 0 Å². The summed E-state index contributed by atoms with van der Waals surface area (Å²) in [5.74, 6) is 0. The topological polar surface area (TPSA) is 0 Å². The van der Waals surface area contributed by atoms with Crippen molar-refractivity contribution in [1.82, 2.24) is 0 Å². The number of rotatable bonds is 0. The van der Waals surface area contributed by atoms with Gasteiger partial charge in [-0.2, -0.15) is 0 Å². The van der Waals surface area contributed by atoms with Gasteiger partial charge in [-0.15, -0.1) is 0 Å². The van der Waals surface area contributed by atoms with Crippen LogP contribution in [0.4, 0.5) is 0 Å². The first-order chi connectivity index (χ1) is 2.00. The minimum atomic E-state index is 1.02. The molecule has 0 N–H and O–H groups in total. The summed E-state index contributed by atoms with van der Waals surface area (Å²) in [5, 5.41) is 0. The molecule has 4 heavy (non-hydrogen) atoms. The van der Waals surface area contributed by atoms with Crippen LogP contribution in [0.2, 0.25) is 0 Å². The summed E-state index contributed by atoms with van der Waals surface area (Å²) in [6, 6.07) is 0. The maximum Gasteiger partial charge on any atom is 0.0505 e. The SMILES string of the molecule is C1=C[Si]=C1. The predicted molar refractivity (Wildman–Crippen MR) is 21.0 cm³/mol. The molecule has 1 aliphatic heterocycles. The fourth-order valence-corrected chi connectivity index (χ4v) is 0.289. The van der Waals surface area contributed by atoms with E-state index in [9.17, 15) is 0 Å². The Labute approximate surface area is 27.6 Å². The van der Waals surface area contributed by atoms with E-state index in [1.54, 1.807) is 0 Å². The van der Waals surface area contributed by atoms with Gasteiger partial charge in [0.05, 0.1) is 9.13 Å². The Bertz CT molecular complexity index is 43.7. The molecule has 0 aromatic rings. The van der Waals surface area contributed by atoms with Crippen LogP contribution in [0, 0.1) is 0 Å². The Morgan fingerprint density at radius 1 is 1.50 bits per heavy atom. The van der Waals surface area contributed by atoms with Crippen LogP contribution < -0.4 is 0 Å². The molecule has 1 radical (unpaired) electrons. The minimum Gasteiger partial charge on any atom is -0.0776 e. The van der Waals surface area contributed by atoms with E-state index in [1.165, 1.54) is 0 Å². The van der Waals surface area contributed by atoms with Crippen molar-refractivity contribution in [2.75, 3.05) is 0 Å². The molecule has 0 saturated carbocycles. The van der Waals surface area contributed by atoms with Crippen LogP contribution in [0.25, 0.3) is 0 Å². The van der Waals surface area contributed by atoms with Crippen LogP contribution >= 0.6 is 0 Å². The van der Waals surface area contributed by atoms with E-state index < -0.39 is 0 Å². The normalized spacial score (nSPS) is 16.0. The summed E-state index contributed by atoms with van der Waals surface area (Å²) in [6.07, 6.45) is 2.07. The second-order valence-corrected chi connectivity index (χ2v) is 1.69. The van der Waals surface area contributed by atoms with Gasteiger partial charge in [0.2, 0.25) is 0 Å². The molecular weight excluding hydrogens is 64.1 g/mol. The van der Waals surface area contributed by atoms with Crippen molar-refractivity contribution in [2.45, 2.75) is 0 Å². The van der Waals surface area contributed by atoms with E-state index in [2.05, 4.69) is 17.4 Å². The number of hydrogen-bond donors (Lipinski definition) is 0. The fraction of sp³-hybridized carbons (Fsp3) is 0. The molecule has 1 heteroatoms. The Hall–Kier alpha value is -0.173. The third-order valence-corrected chi connectivity index (χ3v) is 1.15. The van der Waals surface area contributed by atoms with E-state index in [0.29, 0.717) is 0 Å². The smallest absolute Gasteiger partial charge is 0.0505 e. The highest BCUT2D eigenvalue weighted by Gasteiger charge is 1.67. The zero-order valence-corrected chi connectivity index (χ0v) is 3.23. The first-order valence-electron chi connectivity index (χ1n) is 1.24. The predicted octanol–water partition coefficient (Wildman–Crippen LogP) is 0.0201. The zero-order valence-electron chi connectivity index (χ0n) is 2.23. The molecule has 0 nitrogen and oxygen atoms in total. The first-order valence-corrected chi connectivity index (χ1v) is 2.40. The molecule has 1 aliphatic rings. The minimum absolute atomic E-state index is 1.02. The maximum absolute atomic E-state index is 2.15. The lowest BCUT2D eigenvalue weighted by atomic mass is 10.7. The van der Waals surface area contributed by atoms with Gasteiger partial charge in [0.15, 0.2) is 0 Å². The van der Waals surface area contributed by atoms with E-state index in [-0.39, 0.29) is 0 Å². The molecule has 0 atom stereocenters. The molecule has 0 fully saturated rings. The zero-order chi connectivity index (χ0) is 2.83. The third kappa shape index (κ3) is 0.0853. The Kier molecular flexibility index (Phi) is 0.336. The molecule has 0 bridgehead atoms. The van der Waals surface area contributed by atoms with Crippen molar-refractivity contribution in [3.8, 4) is 0 Å². The van der Waals surface area contributed by atoms with Crippen LogP contribution in [0.3, 0.4) is 0 Å². The highest BCUT2D eigenvalue weighted by Crippen LogP contribution is 1.65. The van der Waals surface area contributed by atoms with Crippen LogP contribution in [0.1, 0.15) is 0 Å². The van der Waals surface area contributed by atoms with Gasteiger partial charge in [-0.1, -0.05) is 17.4 Å². The van der Waals surface area contributed by atoms with Gasteiger partial charge in [-0.3, -0.25) is 0 Å². The standard InChI is InChI=1S/C3H3Si/c1-2-4-3-1/h1-3H. The van der Waals surface area contributed by atoms with E-state index in [4.69, 9.17) is 0 Å². The molecule has 19 valence electrons. The molecule has 0 aliphatic carbocycles. The molecule has 1 rings (SSSR count). The molecule has 0 aromatic carbocycles. The van der Waals surface area contributed by atoms with E-state index in [1.807, 2.05) is 0 Å². The molecule has 1 heterocycles. The van der Waals surface area contributed by atoms with Crippen molar-refractivity contribution >= 4 is 14.8 Å². The summed E-state index contributed by atoms with van der Waals surface area (Å²) >= 11 is 0. The lowest BCUT2D eigenvalue weighted by Crippen LogP contribution is -1.82. The van der Waals surface area contributed by atoms with Gasteiger partial charge in [-0.05, 0) is 0 Å². The number of allylic oxidation sites excluding steroid dienone is 1.